The minimum atomic E-state index is -4.39. The monoisotopic (exact) mass is 866 g/mol. The Hall–Kier alpha value is -2.43. The van der Waals surface area contributed by atoms with Crippen LogP contribution in [-0.4, -0.2) is 68.3 Å². The van der Waals surface area contributed by atoms with Gasteiger partial charge in [0, 0.05) is 45.1 Å². The third kappa shape index (κ3) is 24.9. The minimum Gasteiger partial charge on any atom is -0.466 e. The lowest BCUT2D eigenvalue weighted by atomic mass is 10.0. The molecule has 0 radical (unpaired) electrons. The van der Waals surface area contributed by atoms with Crippen LogP contribution in [0.2, 0.25) is 0 Å². The van der Waals surface area contributed by atoms with Crippen molar-refractivity contribution in [3.8, 4) is 0 Å². The highest BCUT2D eigenvalue weighted by Gasteiger charge is 2.26. The molecular formula is C48H84NO10P. The number of hydrogen-bond donors (Lipinski definition) is 1. The first-order chi connectivity index (χ1) is 28.8. The summed E-state index contributed by atoms with van der Waals surface area (Å²) < 4.78 is 45.9. The largest absolute Gasteiger partial charge is 0.472 e. The van der Waals surface area contributed by atoms with Crippen LogP contribution in [0.5, 0.6) is 0 Å². The summed E-state index contributed by atoms with van der Waals surface area (Å²) in [4.78, 5) is 37.3. The zero-order chi connectivity index (χ0) is 44.0. The summed E-state index contributed by atoms with van der Waals surface area (Å²) in [5, 5.41) is 0. The van der Waals surface area contributed by atoms with Crippen molar-refractivity contribution in [2.45, 2.75) is 208 Å². The number of carbonyl (C=O) groups excluding carboxylic acids is 2. The predicted octanol–water partition coefficient (Wildman–Crippen LogP) is 12.4. The Morgan fingerprint density at radius 2 is 1.15 bits per heavy atom. The van der Waals surface area contributed by atoms with Gasteiger partial charge in [-0.15, -0.1) is 0 Å². The molecule has 1 N–H and O–H groups in total. The van der Waals surface area contributed by atoms with Gasteiger partial charge in [-0.25, -0.2) is 4.57 Å². The quantitative estimate of drug-likeness (QED) is 0.0392. The van der Waals surface area contributed by atoms with Crippen molar-refractivity contribution < 1.29 is 46.4 Å². The van der Waals surface area contributed by atoms with Crippen molar-refractivity contribution >= 4 is 19.8 Å². The average Bonchev–Trinajstić information content (AvgIpc) is 3.69. The van der Waals surface area contributed by atoms with E-state index < -0.39 is 26.5 Å². The first kappa shape index (κ1) is 53.7. The van der Waals surface area contributed by atoms with Crippen molar-refractivity contribution in [1.29, 1.82) is 0 Å². The molecule has 11 nitrogen and oxygen atoms in total. The Bertz CT molecular complexity index is 1480. The molecule has 0 aliphatic carbocycles. The number of unbranched alkanes of at least 4 members (excludes halogenated alkanes) is 16. The molecule has 2 rings (SSSR count). The molecule has 0 spiro atoms. The average molecular weight is 866 g/mol. The molecule has 60 heavy (non-hydrogen) atoms. The van der Waals surface area contributed by atoms with Gasteiger partial charge in [0.05, 0.1) is 13.2 Å². The van der Waals surface area contributed by atoms with Gasteiger partial charge in [-0.2, -0.15) is 0 Å². The molecule has 0 aliphatic rings. The molecule has 0 aliphatic heterocycles. The second-order valence-corrected chi connectivity index (χ2v) is 18.5. The number of hydrogen-bond acceptors (Lipinski definition) is 10. The minimum absolute atomic E-state index is 0.00395. The highest BCUT2D eigenvalue weighted by atomic mass is 31.2. The Morgan fingerprint density at radius 3 is 1.72 bits per heavy atom. The van der Waals surface area contributed by atoms with Crippen LogP contribution in [0.1, 0.15) is 195 Å². The smallest absolute Gasteiger partial charge is 0.466 e. The van der Waals surface area contributed by atoms with Gasteiger partial charge in [-0.1, -0.05) is 104 Å². The molecule has 0 saturated carbocycles. The molecule has 2 aromatic heterocycles. The zero-order valence-corrected chi connectivity index (χ0v) is 39.8. The molecule has 2 atom stereocenters. The van der Waals surface area contributed by atoms with Crippen molar-refractivity contribution in [3.63, 3.8) is 0 Å². The first-order valence-electron chi connectivity index (χ1n) is 23.6. The van der Waals surface area contributed by atoms with Crippen LogP contribution >= 0.6 is 7.82 Å². The summed E-state index contributed by atoms with van der Waals surface area (Å²) in [6.45, 7) is 10.6. The van der Waals surface area contributed by atoms with Crippen LogP contribution in [0.15, 0.2) is 14.9 Å². The summed E-state index contributed by atoms with van der Waals surface area (Å²) in [5.74, 6) is 3.73. The fourth-order valence-electron chi connectivity index (χ4n) is 7.34. The van der Waals surface area contributed by atoms with Crippen molar-refractivity contribution in [2.75, 3.05) is 40.5 Å². The van der Waals surface area contributed by atoms with E-state index in [0.717, 1.165) is 107 Å². The van der Waals surface area contributed by atoms with E-state index in [1.54, 1.807) is 0 Å². The number of carbonyl (C=O) groups is 2. The standard InChI is InChI=1S/C48H84NO10P/c1-8-10-23-29-42-36-39(3)44(57-42)30-24-19-15-11-14-18-22-27-33-48(51)58-43(38-56-60(52,53)55-35-34-49(6)7)37-54-47(50)32-26-21-17-13-12-16-20-25-31-46-41(5)40(4)45(59-46)28-9-2/h36,43H,8-35,37-38H2,1-7H3,(H,52,53)/t43-/m1/s1. The Morgan fingerprint density at radius 1 is 0.633 bits per heavy atom. The maximum Gasteiger partial charge on any atom is 0.472 e. The van der Waals surface area contributed by atoms with E-state index in [1.807, 2.05) is 19.0 Å². The lowest BCUT2D eigenvalue weighted by molar-refractivity contribution is -0.161. The number of nitrogens with zero attached hydrogens (tertiary/aromatic N) is 1. The second kappa shape index (κ2) is 32.3. The van der Waals surface area contributed by atoms with Gasteiger partial charge in [0.1, 0.15) is 29.6 Å². The van der Waals surface area contributed by atoms with E-state index in [4.69, 9.17) is 27.4 Å². The summed E-state index contributed by atoms with van der Waals surface area (Å²) >= 11 is 0. The number of esters is 2. The number of phosphoric ester groups is 1. The zero-order valence-electron chi connectivity index (χ0n) is 38.9. The van der Waals surface area contributed by atoms with Crippen LogP contribution in [-0.2, 0) is 58.4 Å². The molecule has 0 fully saturated rings. The lowest BCUT2D eigenvalue weighted by Crippen LogP contribution is -2.29. The summed E-state index contributed by atoms with van der Waals surface area (Å²) in [6.07, 6.45) is 25.2. The third-order valence-corrected chi connectivity index (χ3v) is 12.2. The molecule has 346 valence electrons. The topological polar surface area (TPSA) is 138 Å². The normalized spacial score (nSPS) is 13.2. The van der Waals surface area contributed by atoms with Gasteiger partial charge in [-0.05, 0) is 96.1 Å². The van der Waals surface area contributed by atoms with E-state index in [1.165, 1.54) is 74.5 Å². The maximum absolute atomic E-state index is 12.8. The van der Waals surface area contributed by atoms with Crippen molar-refractivity contribution in [3.05, 3.63) is 45.8 Å². The van der Waals surface area contributed by atoms with E-state index >= 15 is 0 Å². The van der Waals surface area contributed by atoms with E-state index in [0.29, 0.717) is 19.4 Å². The molecular weight excluding hydrogens is 781 g/mol. The van der Waals surface area contributed by atoms with Gasteiger partial charge in [-0.3, -0.25) is 18.6 Å². The van der Waals surface area contributed by atoms with Crippen LogP contribution in [0.3, 0.4) is 0 Å². The van der Waals surface area contributed by atoms with Gasteiger partial charge >= 0.3 is 19.8 Å². The van der Waals surface area contributed by atoms with Gasteiger partial charge in [0.25, 0.3) is 0 Å². The van der Waals surface area contributed by atoms with Crippen LogP contribution in [0.4, 0.5) is 0 Å². The van der Waals surface area contributed by atoms with Gasteiger partial charge in [0.15, 0.2) is 6.10 Å². The van der Waals surface area contributed by atoms with Crippen LogP contribution < -0.4 is 0 Å². The molecule has 0 bridgehead atoms. The molecule has 2 aromatic rings. The fraction of sp³-hybridized carbons (Fsp3) is 0.792. The van der Waals surface area contributed by atoms with Crippen LogP contribution in [0.25, 0.3) is 0 Å². The SMILES string of the molecule is CCCCCc1cc(C)c(CCCCCCCCCCC(=O)O[C@H](COC(=O)CCCCCCCCCCc2oc(CCC)c(C)c2C)COP(=O)(O)OCCN(C)C)o1. The predicted molar refractivity (Wildman–Crippen MR) is 240 cm³/mol. The van der Waals surface area contributed by atoms with E-state index in [2.05, 4.69) is 40.7 Å². The summed E-state index contributed by atoms with van der Waals surface area (Å²) in [5.41, 5.74) is 3.91. The molecule has 2 heterocycles. The number of ether oxygens (including phenoxy) is 2. The highest BCUT2D eigenvalue weighted by molar-refractivity contribution is 7.47. The van der Waals surface area contributed by atoms with Crippen molar-refractivity contribution in [1.82, 2.24) is 4.90 Å². The Kier molecular flexibility index (Phi) is 28.9. The van der Waals surface area contributed by atoms with E-state index in [-0.39, 0.29) is 32.0 Å². The van der Waals surface area contributed by atoms with Gasteiger partial charge in [0.2, 0.25) is 0 Å². The number of rotatable bonds is 38. The van der Waals surface area contributed by atoms with Crippen LogP contribution in [0, 0.1) is 20.8 Å². The molecule has 1 unspecified atom stereocenters. The Balaban J connectivity index is 1.61. The number of phosphoric acid groups is 1. The second-order valence-electron chi connectivity index (χ2n) is 17.1. The van der Waals surface area contributed by atoms with Gasteiger partial charge < -0.3 is 28.1 Å². The summed E-state index contributed by atoms with van der Waals surface area (Å²) in [6, 6.07) is 2.21. The highest BCUT2D eigenvalue weighted by Crippen LogP contribution is 2.43. The summed E-state index contributed by atoms with van der Waals surface area (Å²) in [7, 11) is -0.743. The molecule has 0 saturated heterocycles. The third-order valence-electron chi connectivity index (χ3n) is 11.2. The number of aryl methyl sites for hydroxylation is 5. The first-order valence-corrected chi connectivity index (χ1v) is 25.1. The maximum atomic E-state index is 12.8. The van der Waals surface area contributed by atoms with E-state index in [9.17, 15) is 19.0 Å². The number of furan rings is 2. The number of likely N-dealkylation sites (N-methyl/N-ethyl adjacent to an activating group) is 1. The Labute approximate surface area is 364 Å². The fourth-order valence-corrected chi connectivity index (χ4v) is 8.08. The molecule has 0 aromatic carbocycles. The molecule has 0 amide bonds. The lowest BCUT2D eigenvalue weighted by Gasteiger charge is -2.20. The molecule has 12 heteroatoms. The van der Waals surface area contributed by atoms with Crippen molar-refractivity contribution in [2.24, 2.45) is 0 Å².